The molecule has 0 radical (unpaired) electrons. The lowest BCUT2D eigenvalue weighted by Gasteiger charge is -2.46. The highest BCUT2D eigenvalue weighted by atomic mass is 16.6. The van der Waals surface area contributed by atoms with Gasteiger partial charge >= 0.3 is 18.0 Å². The first-order chi connectivity index (χ1) is 62.0. The molecule has 0 spiro atoms. The zero-order valence-electron chi connectivity index (χ0n) is 98.9. The SMILES string of the molecule is CC(C)(C)N1CCC(C(=O)O)CC1.CC(C)(C)N1CCCCC1.CC(C)(C)N1CCN(C2CC2)CC1.CC(C)(C)N1CCOCC1.CC(C)(C)OC(=O)N1CCN(C(C)(C)C)CC1.CC(C)CN1CCN(C(C)(C)C)CC1.CN1CCN(C(C)(C)C)CC1.COC(=O)C1CCN(C(C)(C)C)CC1.C[C@@H]1CN(C)CCN1C(C)(C)C.C[C@H]1CCCN1C(C)(C)C.C[C@H]1CN(C)CCN1C(C)(C)C. The van der Waals surface area contributed by atoms with E-state index in [-0.39, 0.29) is 40.5 Å². The first-order valence-corrected chi connectivity index (χ1v) is 54.7. The molecular weight excluding hydrogens is 1700 g/mol. The Hall–Kier alpha value is -2.47. The summed E-state index contributed by atoms with van der Waals surface area (Å²) in [6.07, 6.45) is 13.2. The van der Waals surface area contributed by atoms with Crippen molar-refractivity contribution >= 4 is 18.0 Å². The smallest absolute Gasteiger partial charge is 0.410 e. The number of methoxy groups -OCH3 is 1. The van der Waals surface area contributed by atoms with Crippen molar-refractivity contribution in [2.24, 2.45) is 17.8 Å². The third-order valence-corrected chi connectivity index (χ3v) is 29.4. The van der Waals surface area contributed by atoms with Crippen molar-refractivity contribution in [3.8, 4) is 0 Å². The molecular formula is C112H233N17O7. The summed E-state index contributed by atoms with van der Waals surface area (Å²) in [5.41, 5.74) is 3.05. The van der Waals surface area contributed by atoms with Gasteiger partial charge in [-0.05, 0) is 407 Å². The van der Waals surface area contributed by atoms with E-state index in [2.05, 4.69) is 363 Å². The highest BCUT2D eigenvalue weighted by Crippen LogP contribution is 2.32. The van der Waals surface area contributed by atoms with Crippen LogP contribution in [0, 0.1) is 17.8 Å². The van der Waals surface area contributed by atoms with Crippen molar-refractivity contribution in [3.05, 3.63) is 0 Å². The third kappa shape index (κ3) is 53.1. The maximum absolute atomic E-state index is 11.9. The summed E-state index contributed by atoms with van der Waals surface area (Å²) < 4.78 is 15.4. The average Bonchev–Trinajstić information content (AvgIpc) is 1.56. The van der Waals surface area contributed by atoms with Crippen LogP contribution in [0.2, 0.25) is 0 Å². The maximum atomic E-state index is 11.9. The number of likely N-dealkylation sites (N-methyl/N-ethyl adjacent to an activating group) is 3. The largest absolute Gasteiger partial charge is 0.481 e. The number of rotatable bonds is 5. The fraction of sp³-hybridized carbons (Fsp3) is 0.973. The van der Waals surface area contributed by atoms with Crippen LogP contribution in [0.3, 0.4) is 0 Å². The van der Waals surface area contributed by atoms with Crippen molar-refractivity contribution in [3.63, 3.8) is 0 Å². The molecule has 12 aliphatic rings. The molecule has 12 rings (SSSR count). The number of carbonyl (C=O) groups is 3. The number of amides is 1. The van der Waals surface area contributed by atoms with Gasteiger partial charge in [-0.1, -0.05) is 20.3 Å². The van der Waals surface area contributed by atoms with E-state index in [9.17, 15) is 14.4 Å². The van der Waals surface area contributed by atoms with Crippen LogP contribution >= 0.6 is 0 Å². The lowest BCUT2D eigenvalue weighted by molar-refractivity contribution is -0.147. The molecule has 1 aliphatic carbocycles. The van der Waals surface area contributed by atoms with Gasteiger partial charge < -0.3 is 43.8 Å². The molecule has 1 amide bonds. The summed E-state index contributed by atoms with van der Waals surface area (Å²) >= 11 is 0. The molecule has 0 aromatic heterocycles. The number of hydrogen-bond donors (Lipinski definition) is 1. The van der Waals surface area contributed by atoms with Gasteiger partial charge in [-0.3, -0.25) is 68.4 Å². The minimum Gasteiger partial charge on any atom is -0.481 e. The summed E-state index contributed by atoms with van der Waals surface area (Å²) in [5, 5.41) is 8.81. The van der Waals surface area contributed by atoms with Crippen molar-refractivity contribution in [2.45, 2.75) is 445 Å². The molecule has 0 unspecified atom stereocenters. The van der Waals surface area contributed by atoms with Gasteiger partial charge in [0.25, 0.3) is 0 Å². The Morgan fingerprint density at radius 3 is 0.890 bits per heavy atom. The van der Waals surface area contributed by atoms with Gasteiger partial charge in [-0.25, -0.2) is 4.79 Å². The molecule has 24 nitrogen and oxygen atoms in total. The molecule has 0 aromatic carbocycles. The Morgan fingerprint density at radius 2 is 0.618 bits per heavy atom. The van der Waals surface area contributed by atoms with E-state index in [0.717, 1.165) is 122 Å². The topological polar surface area (TPSA) is 154 Å². The number of carboxylic acid groups (broad SMARTS) is 1. The van der Waals surface area contributed by atoms with Crippen LogP contribution in [0.4, 0.5) is 4.79 Å². The van der Waals surface area contributed by atoms with Crippen LogP contribution in [0.1, 0.15) is 355 Å². The number of morpholine rings is 1. The summed E-state index contributed by atoms with van der Waals surface area (Å²) in [6, 6.07) is 3.16. The molecule has 24 heteroatoms. The number of carboxylic acids is 1. The second-order valence-electron chi connectivity index (χ2n) is 54.4. The summed E-state index contributed by atoms with van der Waals surface area (Å²) in [7, 11) is 8.07. The normalized spacial score (nSPS) is 24.2. The van der Waals surface area contributed by atoms with Gasteiger partial charge in [0.1, 0.15) is 5.60 Å². The molecule has 1 saturated carbocycles. The lowest BCUT2D eigenvalue weighted by Crippen LogP contribution is -2.57. The van der Waals surface area contributed by atoms with Crippen LogP contribution in [0.25, 0.3) is 0 Å². The molecule has 0 bridgehead atoms. The van der Waals surface area contributed by atoms with E-state index in [1.54, 1.807) is 4.90 Å². The number of ether oxygens (including phenoxy) is 3. The molecule has 0 aromatic rings. The fourth-order valence-electron chi connectivity index (χ4n) is 20.4. The Balaban J connectivity index is 0.000000508. The van der Waals surface area contributed by atoms with Crippen molar-refractivity contribution in [2.75, 3.05) is 251 Å². The quantitative estimate of drug-likeness (QED) is 0.259. The summed E-state index contributed by atoms with van der Waals surface area (Å²) in [4.78, 5) is 75.8. The molecule has 1 N–H and O–H groups in total. The highest BCUT2D eigenvalue weighted by Gasteiger charge is 2.39. The minimum absolute atomic E-state index is 0.0430. The molecule has 136 heavy (non-hydrogen) atoms. The van der Waals surface area contributed by atoms with Gasteiger partial charge in [0.05, 0.1) is 32.2 Å². The zero-order valence-corrected chi connectivity index (χ0v) is 98.9. The zero-order chi connectivity index (χ0) is 105. The van der Waals surface area contributed by atoms with Gasteiger partial charge in [-0.2, -0.15) is 0 Å². The van der Waals surface area contributed by atoms with Gasteiger partial charge in [0.2, 0.25) is 0 Å². The second-order valence-corrected chi connectivity index (χ2v) is 54.4. The standard InChI is InChI=1S/C13H26N2O2.C12H26N2.C11H22N2.C11H21NO2.2C10H22N2.C10H19NO2.C9H20N2.2C9H19N.C8H17NO/c1-12(2,3)15-9-7-14(8-10-15)11(16)17-13(4,5)6;1-11(2)10-13-6-8-14(9-7-13)12(3,4)5;1-11(2,3)13-8-6-12(7-9-13)10-4-5-10;1-11(2,3)12-7-5-9(6-8-12)10(13)14-4;2*1-9-8-11(5)6-7-12(9)10(2,3)4;1-10(2,3)11-6-4-8(5-7-11)9(12)13;1-9(2,3)11-7-5-10(4)6-8-11;1-8-6-5-7-10(8)9(2,3)4;1-9(2,3)10-7-5-4-6-8-10;1-8(2,3)9-4-6-10-7-5-9/h7-10H2,1-6H3;11H,6-10H2,1-5H3;10H,4-9H2,1-3H3;9H,5-8H2,1-4H3;2*9H,6-8H2,1-5H3;8H,4-7H2,1-3H3,(H,12,13);5-8H2,1-4H3;8H,5-7H2,1-4H3;4-8H2,1-3H3;4-7H2,1-3H3/t;;;;2*9-;;;8-;;/m....10..0../s1. The number of carbonyl (C=O) groups excluding carboxylic acids is 2. The number of aliphatic carboxylic acids is 1. The molecule has 11 aliphatic heterocycles. The van der Waals surface area contributed by atoms with E-state index in [4.69, 9.17) is 19.3 Å². The number of piperazine rings is 6. The number of likely N-dealkylation sites (tertiary alicyclic amines) is 4. The van der Waals surface area contributed by atoms with E-state index in [1.165, 1.54) is 196 Å². The molecule has 12 fully saturated rings. The van der Waals surface area contributed by atoms with Crippen molar-refractivity contribution < 1.29 is 33.7 Å². The first-order valence-electron chi connectivity index (χ1n) is 54.7. The highest BCUT2D eigenvalue weighted by molar-refractivity contribution is 5.72. The Bertz CT molecular complexity index is 3100. The van der Waals surface area contributed by atoms with Gasteiger partial charge in [0.15, 0.2) is 0 Å². The van der Waals surface area contributed by atoms with Crippen molar-refractivity contribution in [1.82, 2.24) is 83.3 Å². The maximum Gasteiger partial charge on any atom is 0.410 e. The predicted molar refractivity (Wildman–Crippen MR) is 584 cm³/mol. The Morgan fingerprint density at radius 1 is 0.316 bits per heavy atom. The van der Waals surface area contributed by atoms with Crippen LogP contribution in [-0.2, 0) is 23.8 Å². The number of piperidine rings is 3. The number of esters is 1. The van der Waals surface area contributed by atoms with Crippen LogP contribution in [-0.4, -0.2) is 448 Å². The first kappa shape index (κ1) is 130. The minimum atomic E-state index is -0.631. The predicted octanol–water partition coefficient (Wildman–Crippen LogP) is 18.7. The Labute approximate surface area is 844 Å². The second kappa shape index (κ2) is 58.2. The lowest BCUT2D eigenvalue weighted by atomic mass is 9.93. The molecule has 11 heterocycles. The van der Waals surface area contributed by atoms with E-state index in [1.807, 2.05) is 20.8 Å². The van der Waals surface area contributed by atoms with Crippen molar-refractivity contribution in [1.29, 1.82) is 0 Å². The average molecular weight is 1930 g/mol. The fourth-order valence-corrected chi connectivity index (χ4v) is 20.4. The van der Waals surface area contributed by atoms with E-state index in [0.29, 0.717) is 56.4 Å². The van der Waals surface area contributed by atoms with Crippen LogP contribution < -0.4 is 0 Å². The summed E-state index contributed by atoms with van der Waals surface area (Å²) in [5.74, 6) is 0.139. The molecule has 11 saturated heterocycles. The third-order valence-electron chi connectivity index (χ3n) is 29.4. The van der Waals surface area contributed by atoms with E-state index < -0.39 is 11.6 Å². The van der Waals surface area contributed by atoms with Gasteiger partial charge in [-0.15, -0.1) is 0 Å². The van der Waals surface area contributed by atoms with Crippen LogP contribution in [0.5, 0.6) is 0 Å². The molecule has 808 valence electrons. The number of nitrogens with zero attached hydrogens (tertiary/aromatic N) is 17. The monoisotopic (exact) mass is 1930 g/mol. The Kier molecular flexibility index (Phi) is 55.4. The van der Waals surface area contributed by atoms with Crippen LogP contribution in [0.15, 0.2) is 0 Å². The number of hydrogen-bond acceptors (Lipinski definition) is 22. The van der Waals surface area contributed by atoms with E-state index >= 15 is 0 Å². The van der Waals surface area contributed by atoms with Gasteiger partial charge in [0, 0.05) is 249 Å². The summed E-state index contributed by atoms with van der Waals surface area (Å²) in [6.45, 7) is 131. The molecule has 3 atom stereocenters.